The number of fused-ring (bicyclic) bond motifs is 3. The highest BCUT2D eigenvalue weighted by molar-refractivity contribution is 5.32. The molecule has 2 atom stereocenters. The molecule has 102 valence electrons. The molecule has 3 rings (SSSR count). The topological polar surface area (TPSA) is 38.0 Å². The van der Waals surface area contributed by atoms with Crippen LogP contribution in [0.5, 0.6) is 0 Å². The van der Waals surface area contributed by atoms with Crippen molar-refractivity contribution in [1.82, 2.24) is 5.32 Å². The Bertz CT molecular complexity index is 433. The van der Waals surface area contributed by atoms with Gasteiger partial charge in [0.2, 0.25) is 0 Å². The van der Waals surface area contributed by atoms with E-state index >= 15 is 0 Å². The van der Waals surface area contributed by atoms with Gasteiger partial charge in [-0.05, 0) is 48.6 Å². The first-order chi connectivity index (χ1) is 9.30. The molecule has 1 aromatic carbocycles. The molecule has 2 aliphatic carbocycles. The average molecular weight is 256 g/mol. The normalized spacial score (nSPS) is 32.7. The average Bonchev–Trinajstić information content (AvgIpc) is 2.68. The van der Waals surface area contributed by atoms with Crippen LogP contribution in [0.3, 0.4) is 0 Å². The second-order valence-corrected chi connectivity index (χ2v) is 6.06. The van der Waals surface area contributed by atoms with Crippen LogP contribution < -0.4 is 11.1 Å². The van der Waals surface area contributed by atoms with E-state index < -0.39 is 0 Å². The number of nitrogens with two attached hydrogens (primary N) is 1. The lowest BCUT2D eigenvalue weighted by atomic mass is 9.79. The number of nitrogens with one attached hydrogen (secondary N) is 1. The zero-order valence-electron chi connectivity index (χ0n) is 11.6. The van der Waals surface area contributed by atoms with E-state index in [-0.39, 0.29) is 5.54 Å². The maximum atomic E-state index is 6.21. The minimum absolute atomic E-state index is 0.118. The van der Waals surface area contributed by atoms with Crippen molar-refractivity contribution in [2.45, 2.75) is 31.2 Å². The Kier molecular flexibility index (Phi) is 3.46. The molecule has 2 aliphatic rings. The molecule has 0 saturated heterocycles. The van der Waals surface area contributed by atoms with E-state index in [9.17, 15) is 0 Å². The number of hydrogen-bond donors (Lipinski definition) is 2. The summed E-state index contributed by atoms with van der Waals surface area (Å²) in [5.74, 6) is 1.34. The summed E-state index contributed by atoms with van der Waals surface area (Å²) in [6, 6.07) is 8.92. The summed E-state index contributed by atoms with van der Waals surface area (Å²) in [7, 11) is 0. The second kappa shape index (κ2) is 5.10. The van der Waals surface area contributed by atoms with E-state index in [2.05, 4.69) is 36.2 Å². The first kappa shape index (κ1) is 12.9. The van der Waals surface area contributed by atoms with Gasteiger partial charge in [-0.2, -0.15) is 0 Å². The van der Waals surface area contributed by atoms with Gasteiger partial charge in [0, 0.05) is 18.6 Å². The Morgan fingerprint density at radius 1 is 1.21 bits per heavy atom. The predicted octanol–water partition coefficient (Wildman–Crippen LogP) is 2.28. The fraction of sp³-hybridized carbons (Fsp3) is 0.529. The van der Waals surface area contributed by atoms with Gasteiger partial charge >= 0.3 is 0 Å². The minimum Gasteiger partial charge on any atom is -0.329 e. The third-order valence-corrected chi connectivity index (χ3v) is 5.28. The summed E-state index contributed by atoms with van der Waals surface area (Å²) < 4.78 is 0. The lowest BCUT2D eigenvalue weighted by Crippen LogP contribution is -2.58. The zero-order chi connectivity index (χ0) is 13.3. The SMILES string of the molecule is C=CCNC1(CN)C2CCC1Cc1ccccc1C2. The van der Waals surface area contributed by atoms with Gasteiger partial charge in [0.1, 0.15) is 0 Å². The fourth-order valence-corrected chi connectivity index (χ4v) is 4.26. The lowest BCUT2D eigenvalue weighted by molar-refractivity contribution is 0.202. The molecule has 0 spiro atoms. The fourth-order valence-electron chi connectivity index (χ4n) is 4.26. The summed E-state index contributed by atoms with van der Waals surface area (Å²) in [5, 5.41) is 3.73. The van der Waals surface area contributed by atoms with Gasteiger partial charge in [-0.25, -0.2) is 0 Å². The molecule has 2 heteroatoms. The van der Waals surface area contributed by atoms with Crippen molar-refractivity contribution in [3.05, 3.63) is 48.0 Å². The number of benzene rings is 1. The van der Waals surface area contributed by atoms with Crippen LogP contribution in [0.1, 0.15) is 24.0 Å². The van der Waals surface area contributed by atoms with Crippen molar-refractivity contribution >= 4 is 0 Å². The lowest BCUT2D eigenvalue weighted by Gasteiger charge is -2.39. The molecule has 0 radical (unpaired) electrons. The Hall–Kier alpha value is -1.12. The first-order valence-electron chi connectivity index (χ1n) is 7.43. The van der Waals surface area contributed by atoms with Gasteiger partial charge in [0.05, 0.1) is 0 Å². The van der Waals surface area contributed by atoms with E-state index in [0.717, 1.165) is 13.1 Å². The monoisotopic (exact) mass is 256 g/mol. The molecule has 19 heavy (non-hydrogen) atoms. The molecule has 0 aromatic heterocycles. The Balaban J connectivity index is 1.95. The summed E-state index contributed by atoms with van der Waals surface area (Å²) in [6.07, 6.45) is 6.91. The molecule has 0 amide bonds. The molecule has 0 heterocycles. The second-order valence-electron chi connectivity index (χ2n) is 6.06. The van der Waals surface area contributed by atoms with E-state index in [4.69, 9.17) is 5.73 Å². The maximum absolute atomic E-state index is 6.21. The number of hydrogen-bond acceptors (Lipinski definition) is 2. The Morgan fingerprint density at radius 2 is 1.79 bits per heavy atom. The van der Waals surface area contributed by atoms with Gasteiger partial charge in [0.25, 0.3) is 0 Å². The van der Waals surface area contributed by atoms with Crippen molar-refractivity contribution in [3.8, 4) is 0 Å². The molecule has 1 saturated carbocycles. The zero-order valence-corrected chi connectivity index (χ0v) is 11.6. The van der Waals surface area contributed by atoms with Crippen LogP contribution >= 0.6 is 0 Å². The van der Waals surface area contributed by atoms with E-state index in [1.54, 1.807) is 0 Å². The molecule has 2 bridgehead atoms. The Morgan fingerprint density at radius 3 is 2.26 bits per heavy atom. The highest BCUT2D eigenvalue weighted by Crippen LogP contribution is 2.46. The third-order valence-electron chi connectivity index (χ3n) is 5.28. The van der Waals surface area contributed by atoms with Gasteiger partial charge in [-0.3, -0.25) is 0 Å². The van der Waals surface area contributed by atoms with Crippen LogP contribution in [0.4, 0.5) is 0 Å². The van der Waals surface area contributed by atoms with Crippen molar-refractivity contribution in [1.29, 1.82) is 0 Å². The first-order valence-corrected chi connectivity index (χ1v) is 7.43. The summed E-state index contributed by atoms with van der Waals surface area (Å²) in [5.41, 5.74) is 9.40. The van der Waals surface area contributed by atoms with Crippen molar-refractivity contribution in [2.75, 3.05) is 13.1 Å². The molecule has 2 unspecified atom stereocenters. The van der Waals surface area contributed by atoms with Gasteiger partial charge in [-0.15, -0.1) is 6.58 Å². The molecule has 3 N–H and O–H groups in total. The van der Waals surface area contributed by atoms with Gasteiger partial charge in [0.15, 0.2) is 0 Å². The van der Waals surface area contributed by atoms with E-state index in [1.807, 2.05) is 6.08 Å². The number of rotatable bonds is 4. The van der Waals surface area contributed by atoms with Crippen LogP contribution in [-0.4, -0.2) is 18.6 Å². The smallest absolute Gasteiger partial charge is 0.0369 e. The maximum Gasteiger partial charge on any atom is 0.0369 e. The molecule has 0 aliphatic heterocycles. The summed E-state index contributed by atoms with van der Waals surface area (Å²) >= 11 is 0. The van der Waals surface area contributed by atoms with Crippen molar-refractivity contribution in [3.63, 3.8) is 0 Å². The summed E-state index contributed by atoms with van der Waals surface area (Å²) in [6.45, 7) is 5.44. The standard InChI is InChI=1S/C17H24N2/c1-2-9-19-17(12-18)15-7-8-16(17)11-14-6-4-3-5-13(14)10-15/h2-6,15-16,19H,1,7-12,18H2. The Labute approximate surface area is 116 Å². The van der Waals surface area contributed by atoms with Gasteiger partial charge in [-0.1, -0.05) is 30.3 Å². The van der Waals surface area contributed by atoms with Crippen LogP contribution in [0, 0.1) is 11.8 Å². The minimum atomic E-state index is 0.118. The van der Waals surface area contributed by atoms with Crippen LogP contribution in [0.2, 0.25) is 0 Å². The third kappa shape index (κ3) is 2.03. The van der Waals surface area contributed by atoms with Crippen LogP contribution in [0.25, 0.3) is 0 Å². The molecule has 1 fully saturated rings. The molecule has 2 nitrogen and oxygen atoms in total. The quantitative estimate of drug-likeness (QED) is 0.811. The predicted molar refractivity (Wildman–Crippen MR) is 80.0 cm³/mol. The molecule has 1 aromatic rings. The molecular weight excluding hydrogens is 232 g/mol. The van der Waals surface area contributed by atoms with Crippen molar-refractivity contribution in [2.24, 2.45) is 17.6 Å². The van der Waals surface area contributed by atoms with Crippen LogP contribution in [-0.2, 0) is 12.8 Å². The van der Waals surface area contributed by atoms with E-state index in [0.29, 0.717) is 11.8 Å². The highest BCUT2D eigenvalue weighted by Gasteiger charge is 2.49. The highest BCUT2D eigenvalue weighted by atomic mass is 15.0. The summed E-state index contributed by atoms with van der Waals surface area (Å²) in [4.78, 5) is 0. The largest absolute Gasteiger partial charge is 0.329 e. The van der Waals surface area contributed by atoms with Crippen LogP contribution in [0.15, 0.2) is 36.9 Å². The molecular formula is C17H24N2. The van der Waals surface area contributed by atoms with Gasteiger partial charge < -0.3 is 11.1 Å². The van der Waals surface area contributed by atoms with Crippen molar-refractivity contribution < 1.29 is 0 Å². The van der Waals surface area contributed by atoms with E-state index in [1.165, 1.54) is 36.8 Å².